The lowest BCUT2D eigenvalue weighted by Crippen LogP contribution is -2.51. The average molecular weight is 371 g/mol. The van der Waals surface area contributed by atoms with Gasteiger partial charge in [-0.3, -0.25) is 20.6 Å². The predicted octanol–water partition coefficient (Wildman–Crippen LogP) is 3.54. The van der Waals surface area contributed by atoms with Crippen LogP contribution in [0.25, 0.3) is 10.9 Å². The second-order valence-corrected chi connectivity index (χ2v) is 7.65. The fourth-order valence-corrected chi connectivity index (χ4v) is 3.74. The van der Waals surface area contributed by atoms with Gasteiger partial charge in [-0.05, 0) is 63.0 Å². The summed E-state index contributed by atoms with van der Waals surface area (Å²) in [6.07, 6.45) is 4.83. The largest absolute Gasteiger partial charge is 0.358 e. The Morgan fingerprint density at radius 3 is 2.69 bits per heavy atom. The molecule has 1 aromatic carbocycles. The standard InChI is InChI=1S/C20H26N4OS/c1-12-8-9-18-15(10-12)11-16(14(3)21-18)19(25)23-24-20(26)22-17-7-5-4-6-13(17)2/h8-11,13,17H,4-7H2,1-3H3,(H,23,25)(H2,22,24,26). The summed E-state index contributed by atoms with van der Waals surface area (Å²) in [5.41, 5.74) is 8.79. The molecule has 0 radical (unpaired) electrons. The smallest absolute Gasteiger partial charge is 0.271 e. The normalized spacial score (nSPS) is 19.8. The van der Waals surface area contributed by atoms with Crippen LogP contribution in [0.5, 0.6) is 0 Å². The predicted molar refractivity (Wildman–Crippen MR) is 109 cm³/mol. The van der Waals surface area contributed by atoms with E-state index in [1.807, 2.05) is 38.1 Å². The van der Waals surface area contributed by atoms with Gasteiger partial charge >= 0.3 is 0 Å². The van der Waals surface area contributed by atoms with Gasteiger partial charge in [-0.1, -0.05) is 31.4 Å². The number of nitrogens with one attached hydrogen (secondary N) is 3. The zero-order chi connectivity index (χ0) is 18.7. The molecule has 3 rings (SSSR count). The van der Waals surface area contributed by atoms with Crippen LogP contribution in [0, 0.1) is 19.8 Å². The van der Waals surface area contributed by atoms with E-state index in [4.69, 9.17) is 12.2 Å². The van der Waals surface area contributed by atoms with Crippen molar-refractivity contribution in [3.8, 4) is 0 Å². The van der Waals surface area contributed by atoms with E-state index in [2.05, 4.69) is 28.1 Å². The SMILES string of the molecule is Cc1ccc2nc(C)c(C(=O)NNC(=S)NC3CCCCC3C)cc2c1. The summed E-state index contributed by atoms with van der Waals surface area (Å²) in [7, 11) is 0. The highest BCUT2D eigenvalue weighted by atomic mass is 32.1. The zero-order valence-electron chi connectivity index (χ0n) is 15.6. The quantitative estimate of drug-likeness (QED) is 0.557. The number of benzene rings is 1. The summed E-state index contributed by atoms with van der Waals surface area (Å²) in [5.74, 6) is 0.355. The fraction of sp³-hybridized carbons (Fsp3) is 0.450. The maximum atomic E-state index is 12.6. The number of hydrazine groups is 1. The maximum Gasteiger partial charge on any atom is 0.271 e. The molecule has 1 amide bonds. The summed E-state index contributed by atoms with van der Waals surface area (Å²) in [5, 5.41) is 4.73. The van der Waals surface area contributed by atoms with Gasteiger partial charge in [0.05, 0.1) is 16.8 Å². The third-order valence-electron chi connectivity index (χ3n) is 5.12. The van der Waals surface area contributed by atoms with Gasteiger partial charge in [0.2, 0.25) is 0 Å². The number of nitrogens with zero attached hydrogens (tertiary/aromatic N) is 1. The lowest BCUT2D eigenvalue weighted by atomic mass is 9.86. The van der Waals surface area contributed by atoms with Gasteiger partial charge in [-0.15, -0.1) is 0 Å². The minimum atomic E-state index is -0.237. The molecule has 2 unspecified atom stereocenters. The Kier molecular flexibility index (Phi) is 5.71. The Morgan fingerprint density at radius 2 is 1.92 bits per heavy atom. The lowest BCUT2D eigenvalue weighted by Gasteiger charge is -2.30. The first-order chi connectivity index (χ1) is 12.4. The molecule has 5 nitrogen and oxygen atoms in total. The van der Waals surface area contributed by atoms with Crippen molar-refractivity contribution < 1.29 is 4.79 Å². The molecule has 0 saturated heterocycles. The number of aryl methyl sites for hydroxylation is 2. The topological polar surface area (TPSA) is 66.0 Å². The molecule has 0 spiro atoms. The van der Waals surface area contributed by atoms with Crippen LogP contribution in [0.3, 0.4) is 0 Å². The Bertz CT molecular complexity index is 836. The highest BCUT2D eigenvalue weighted by molar-refractivity contribution is 7.80. The van der Waals surface area contributed by atoms with E-state index in [1.165, 1.54) is 19.3 Å². The number of carbonyl (C=O) groups is 1. The van der Waals surface area contributed by atoms with Crippen molar-refractivity contribution in [2.45, 2.75) is 52.5 Å². The average Bonchev–Trinajstić information content (AvgIpc) is 2.61. The summed E-state index contributed by atoms with van der Waals surface area (Å²) in [6.45, 7) is 6.11. The Hall–Kier alpha value is -2.21. The molecule has 1 aliphatic rings. The Balaban J connectivity index is 1.63. The molecule has 138 valence electrons. The van der Waals surface area contributed by atoms with E-state index in [0.29, 0.717) is 28.3 Å². The third kappa shape index (κ3) is 4.30. The molecule has 2 aromatic rings. The lowest BCUT2D eigenvalue weighted by molar-refractivity contribution is 0.0942. The van der Waals surface area contributed by atoms with E-state index in [1.54, 1.807) is 0 Å². The van der Waals surface area contributed by atoms with Crippen molar-refractivity contribution in [3.05, 3.63) is 41.1 Å². The number of aromatic nitrogens is 1. The molecular formula is C20H26N4OS. The van der Waals surface area contributed by atoms with Crippen molar-refractivity contribution in [2.75, 3.05) is 0 Å². The second kappa shape index (κ2) is 7.99. The van der Waals surface area contributed by atoms with Crippen LogP contribution < -0.4 is 16.2 Å². The summed E-state index contributed by atoms with van der Waals surface area (Å²) in [4.78, 5) is 17.1. The van der Waals surface area contributed by atoms with Crippen LogP contribution in [0.15, 0.2) is 24.3 Å². The second-order valence-electron chi connectivity index (χ2n) is 7.24. The number of hydrogen-bond donors (Lipinski definition) is 3. The van der Waals surface area contributed by atoms with Gasteiger partial charge in [0, 0.05) is 11.4 Å². The number of amides is 1. The van der Waals surface area contributed by atoms with Gasteiger partial charge in [0.15, 0.2) is 5.11 Å². The van der Waals surface area contributed by atoms with Crippen molar-refractivity contribution in [3.63, 3.8) is 0 Å². The third-order valence-corrected chi connectivity index (χ3v) is 5.34. The van der Waals surface area contributed by atoms with E-state index < -0.39 is 0 Å². The van der Waals surface area contributed by atoms with Crippen molar-refractivity contribution in [1.29, 1.82) is 0 Å². The summed E-state index contributed by atoms with van der Waals surface area (Å²) in [6, 6.07) is 8.27. The van der Waals surface area contributed by atoms with Crippen LogP contribution >= 0.6 is 12.2 Å². The molecule has 26 heavy (non-hydrogen) atoms. The summed E-state index contributed by atoms with van der Waals surface area (Å²) < 4.78 is 0. The minimum Gasteiger partial charge on any atom is -0.358 e. The molecule has 0 bridgehead atoms. The van der Waals surface area contributed by atoms with Crippen molar-refractivity contribution in [1.82, 2.24) is 21.2 Å². The van der Waals surface area contributed by atoms with Crippen LogP contribution in [0.2, 0.25) is 0 Å². The number of fused-ring (bicyclic) bond motifs is 1. The highest BCUT2D eigenvalue weighted by Crippen LogP contribution is 2.23. The fourth-order valence-electron chi connectivity index (χ4n) is 3.54. The van der Waals surface area contributed by atoms with Crippen LogP contribution in [-0.2, 0) is 0 Å². The number of hydrogen-bond acceptors (Lipinski definition) is 3. The van der Waals surface area contributed by atoms with Crippen molar-refractivity contribution in [2.24, 2.45) is 5.92 Å². The first-order valence-electron chi connectivity index (χ1n) is 9.19. The Labute approximate surface area is 159 Å². The van der Waals surface area contributed by atoms with Gasteiger partial charge in [0.25, 0.3) is 5.91 Å². The van der Waals surface area contributed by atoms with Gasteiger partial charge in [-0.2, -0.15) is 0 Å². The summed E-state index contributed by atoms with van der Waals surface area (Å²) >= 11 is 5.33. The number of carbonyl (C=O) groups excluding carboxylic acids is 1. The van der Waals surface area contributed by atoms with E-state index >= 15 is 0 Å². The molecule has 3 N–H and O–H groups in total. The Morgan fingerprint density at radius 1 is 1.15 bits per heavy atom. The maximum absolute atomic E-state index is 12.6. The van der Waals surface area contributed by atoms with Crippen LogP contribution in [0.4, 0.5) is 0 Å². The highest BCUT2D eigenvalue weighted by Gasteiger charge is 2.22. The van der Waals surface area contributed by atoms with Crippen molar-refractivity contribution >= 4 is 34.1 Å². The van der Waals surface area contributed by atoms with E-state index in [9.17, 15) is 4.79 Å². The number of pyridine rings is 1. The van der Waals surface area contributed by atoms with Gasteiger partial charge in [0.1, 0.15) is 0 Å². The number of thiocarbonyl (C=S) groups is 1. The molecule has 1 fully saturated rings. The van der Waals surface area contributed by atoms with Gasteiger partial charge < -0.3 is 5.32 Å². The molecule has 6 heteroatoms. The van der Waals surface area contributed by atoms with Crippen LogP contribution in [0.1, 0.15) is 54.2 Å². The molecule has 0 aliphatic heterocycles. The molecule has 1 aliphatic carbocycles. The molecule has 1 saturated carbocycles. The monoisotopic (exact) mass is 370 g/mol. The first-order valence-corrected chi connectivity index (χ1v) is 9.59. The molecular weight excluding hydrogens is 344 g/mol. The molecule has 2 atom stereocenters. The van der Waals surface area contributed by atoms with E-state index in [0.717, 1.165) is 22.9 Å². The minimum absolute atomic E-state index is 0.237. The molecule has 1 aromatic heterocycles. The first kappa shape index (κ1) is 18.6. The van der Waals surface area contributed by atoms with Crippen LogP contribution in [-0.4, -0.2) is 22.0 Å². The van der Waals surface area contributed by atoms with Gasteiger partial charge in [-0.25, -0.2) is 0 Å². The molecule has 1 heterocycles. The number of rotatable bonds is 2. The van der Waals surface area contributed by atoms with E-state index in [-0.39, 0.29) is 5.91 Å². The zero-order valence-corrected chi connectivity index (χ0v) is 16.4.